The zero-order chi connectivity index (χ0) is 15.9. The van der Waals surface area contributed by atoms with E-state index < -0.39 is 0 Å². The molecular formula is C15H20N4O2S. The van der Waals surface area contributed by atoms with Crippen LogP contribution in [0.3, 0.4) is 0 Å². The number of hydrogen-bond donors (Lipinski definition) is 0. The molecule has 1 fully saturated rings. The van der Waals surface area contributed by atoms with Crippen LogP contribution in [0.2, 0.25) is 0 Å². The highest BCUT2D eigenvalue weighted by atomic mass is 32.1. The number of likely N-dealkylation sites (N-methyl/N-ethyl adjacent to an activating group) is 1. The Morgan fingerprint density at radius 2 is 2.00 bits per heavy atom. The predicted octanol–water partition coefficient (Wildman–Crippen LogP) is 1.17. The number of piperazine rings is 1. The number of carbonyl (C=O) groups excluding carboxylic acids is 1. The third-order valence-electron chi connectivity index (χ3n) is 4.24. The number of nitrogens with zero attached hydrogens (tertiary/aromatic N) is 4. The maximum Gasteiger partial charge on any atom is 0.264 e. The van der Waals surface area contributed by atoms with Gasteiger partial charge in [0, 0.05) is 32.7 Å². The minimum absolute atomic E-state index is 0.0241. The van der Waals surface area contributed by atoms with Gasteiger partial charge in [0.25, 0.3) is 11.5 Å². The summed E-state index contributed by atoms with van der Waals surface area (Å²) in [5.41, 5.74) is 0.711. The number of aryl methyl sites for hydroxylation is 2. The number of hydrogen-bond acceptors (Lipinski definition) is 5. The highest BCUT2D eigenvalue weighted by Crippen LogP contribution is 2.28. The molecule has 0 radical (unpaired) electrons. The summed E-state index contributed by atoms with van der Waals surface area (Å²) >= 11 is 1.33. The quantitative estimate of drug-likeness (QED) is 0.833. The summed E-state index contributed by atoms with van der Waals surface area (Å²) in [5, 5.41) is 0.590. The monoisotopic (exact) mass is 320 g/mol. The van der Waals surface area contributed by atoms with Gasteiger partial charge in [0.1, 0.15) is 4.83 Å². The summed E-state index contributed by atoms with van der Waals surface area (Å²) in [4.78, 5) is 34.9. The van der Waals surface area contributed by atoms with Gasteiger partial charge in [-0.05, 0) is 26.5 Å². The van der Waals surface area contributed by atoms with Crippen molar-refractivity contribution in [3.63, 3.8) is 0 Å². The number of thiophene rings is 1. The molecule has 1 saturated heterocycles. The number of rotatable bonds is 2. The van der Waals surface area contributed by atoms with Crippen molar-refractivity contribution in [3.8, 4) is 0 Å². The predicted molar refractivity (Wildman–Crippen MR) is 87.7 cm³/mol. The standard InChI is InChI=1S/C15H20N4O2S/c1-4-18-9-16-13-11(14(18)20)10(2)12(22-13)15(21)19-7-5-17(3)6-8-19/h9H,4-8H2,1-3H3. The number of carbonyl (C=O) groups is 1. The molecule has 0 bridgehead atoms. The molecule has 6 nitrogen and oxygen atoms in total. The van der Waals surface area contributed by atoms with E-state index in [1.54, 1.807) is 10.9 Å². The fourth-order valence-electron chi connectivity index (χ4n) is 2.74. The summed E-state index contributed by atoms with van der Waals surface area (Å²) in [6.07, 6.45) is 1.56. The van der Waals surface area contributed by atoms with Crippen molar-refractivity contribution in [3.05, 3.63) is 27.1 Å². The molecule has 7 heteroatoms. The average molecular weight is 320 g/mol. The number of aromatic nitrogens is 2. The van der Waals surface area contributed by atoms with Gasteiger partial charge in [-0.15, -0.1) is 11.3 Å². The Morgan fingerprint density at radius 1 is 1.32 bits per heavy atom. The van der Waals surface area contributed by atoms with Crippen LogP contribution in [0.5, 0.6) is 0 Å². The Labute approximate surface area is 133 Å². The van der Waals surface area contributed by atoms with Crippen LogP contribution in [0, 0.1) is 6.92 Å². The molecule has 0 aromatic carbocycles. The lowest BCUT2D eigenvalue weighted by Gasteiger charge is -2.32. The molecule has 1 amide bonds. The Balaban J connectivity index is 2.01. The number of amides is 1. The second-order valence-corrected chi connectivity index (χ2v) is 6.67. The van der Waals surface area contributed by atoms with E-state index >= 15 is 0 Å². The molecule has 0 N–H and O–H groups in total. The first kappa shape index (κ1) is 15.2. The molecule has 2 aromatic rings. The van der Waals surface area contributed by atoms with E-state index in [9.17, 15) is 9.59 Å². The van der Waals surface area contributed by atoms with Crippen molar-refractivity contribution in [2.75, 3.05) is 33.2 Å². The molecule has 2 aromatic heterocycles. The Morgan fingerprint density at radius 3 is 2.64 bits per heavy atom. The van der Waals surface area contributed by atoms with Gasteiger partial charge in [0.05, 0.1) is 16.6 Å². The fraction of sp³-hybridized carbons (Fsp3) is 0.533. The SMILES string of the molecule is CCn1cnc2sc(C(=O)N3CCN(C)CC3)c(C)c2c1=O. The second kappa shape index (κ2) is 5.81. The zero-order valence-corrected chi connectivity index (χ0v) is 13.9. The molecule has 22 heavy (non-hydrogen) atoms. The zero-order valence-electron chi connectivity index (χ0n) is 13.1. The van der Waals surface area contributed by atoms with Gasteiger partial charge < -0.3 is 9.80 Å². The van der Waals surface area contributed by atoms with Crippen LogP contribution < -0.4 is 5.56 Å². The van der Waals surface area contributed by atoms with Gasteiger partial charge >= 0.3 is 0 Å². The summed E-state index contributed by atoms with van der Waals surface area (Å²) in [7, 11) is 2.06. The van der Waals surface area contributed by atoms with E-state index in [0.29, 0.717) is 21.6 Å². The first-order valence-electron chi connectivity index (χ1n) is 7.49. The highest BCUT2D eigenvalue weighted by molar-refractivity contribution is 7.20. The van der Waals surface area contributed by atoms with Crippen LogP contribution in [-0.4, -0.2) is 58.5 Å². The lowest BCUT2D eigenvalue weighted by atomic mass is 10.2. The van der Waals surface area contributed by atoms with Crippen LogP contribution in [0.1, 0.15) is 22.2 Å². The van der Waals surface area contributed by atoms with Crippen LogP contribution >= 0.6 is 11.3 Å². The Kier molecular flexibility index (Phi) is 4.01. The van der Waals surface area contributed by atoms with E-state index in [1.807, 2.05) is 18.7 Å². The third-order valence-corrected chi connectivity index (χ3v) is 5.43. The van der Waals surface area contributed by atoms with Crippen molar-refractivity contribution >= 4 is 27.5 Å². The molecule has 0 saturated carbocycles. The van der Waals surface area contributed by atoms with Crippen LogP contribution in [0.4, 0.5) is 0 Å². The second-order valence-electron chi connectivity index (χ2n) is 5.67. The maximum absolute atomic E-state index is 12.7. The average Bonchev–Trinajstić information content (AvgIpc) is 2.85. The lowest BCUT2D eigenvalue weighted by molar-refractivity contribution is 0.0668. The normalized spacial score (nSPS) is 16.4. The van der Waals surface area contributed by atoms with Crippen LogP contribution in [0.25, 0.3) is 10.2 Å². The summed E-state index contributed by atoms with van der Waals surface area (Å²) < 4.78 is 1.58. The summed E-state index contributed by atoms with van der Waals surface area (Å²) in [6, 6.07) is 0. The summed E-state index contributed by atoms with van der Waals surface area (Å²) in [5.74, 6) is 0.0241. The van der Waals surface area contributed by atoms with Crippen LogP contribution in [-0.2, 0) is 6.54 Å². The van der Waals surface area contributed by atoms with Gasteiger partial charge in [0.15, 0.2) is 0 Å². The fourth-order valence-corrected chi connectivity index (χ4v) is 3.85. The molecule has 1 aliphatic rings. The van der Waals surface area contributed by atoms with E-state index in [2.05, 4.69) is 16.9 Å². The van der Waals surface area contributed by atoms with E-state index in [1.165, 1.54) is 11.3 Å². The molecule has 0 spiro atoms. The van der Waals surface area contributed by atoms with Crippen LogP contribution in [0.15, 0.2) is 11.1 Å². The van der Waals surface area contributed by atoms with Crippen molar-refractivity contribution in [1.29, 1.82) is 0 Å². The molecule has 3 heterocycles. The maximum atomic E-state index is 12.7. The highest BCUT2D eigenvalue weighted by Gasteiger charge is 2.25. The van der Waals surface area contributed by atoms with Gasteiger partial charge in [-0.1, -0.05) is 0 Å². The van der Waals surface area contributed by atoms with Crippen molar-refractivity contribution in [2.45, 2.75) is 20.4 Å². The summed E-state index contributed by atoms with van der Waals surface area (Å²) in [6.45, 7) is 7.58. The van der Waals surface area contributed by atoms with Gasteiger partial charge in [0.2, 0.25) is 0 Å². The first-order valence-corrected chi connectivity index (χ1v) is 8.31. The van der Waals surface area contributed by atoms with E-state index in [0.717, 1.165) is 31.7 Å². The third kappa shape index (κ3) is 2.44. The Bertz CT molecular complexity index is 772. The topological polar surface area (TPSA) is 58.4 Å². The van der Waals surface area contributed by atoms with Gasteiger partial charge in [-0.2, -0.15) is 0 Å². The van der Waals surface area contributed by atoms with Gasteiger partial charge in [-0.25, -0.2) is 4.98 Å². The molecule has 3 rings (SSSR count). The Hall–Kier alpha value is -1.73. The van der Waals surface area contributed by atoms with E-state index in [-0.39, 0.29) is 11.5 Å². The molecule has 0 atom stereocenters. The minimum Gasteiger partial charge on any atom is -0.335 e. The molecule has 0 unspecified atom stereocenters. The molecule has 1 aliphatic heterocycles. The van der Waals surface area contributed by atoms with Crippen molar-refractivity contribution in [2.24, 2.45) is 0 Å². The van der Waals surface area contributed by atoms with Gasteiger partial charge in [-0.3, -0.25) is 14.2 Å². The van der Waals surface area contributed by atoms with E-state index in [4.69, 9.17) is 0 Å². The lowest BCUT2D eigenvalue weighted by Crippen LogP contribution is -2.47. The smallest absolute Gasteiger partial charge is 0.264 e. The largest absolute Gasteiger partial charge is 0.335 e. The molecule has 118 valence electrons. The van der Waals surface area contributed by atoms with Crippen molar-refractivity contribution < 1.29 is 4.79 Å². The number of fused-ring (bicyclic) bond motifs is 1. The van der Waals surface area contributed by atoms with Crippen molar-refractivity contribution in [1.82, 2.24) is 19.4 Å². The minimum atomic E-state index is -0.0568. The first-order chi connectivity index (χ1) is 10.5. The molecular weight excluding hydrogens is 300 g/mol. The molecule has 0 aliphatic carbocycles.